The minimum absolute atomic E-state index is 0.133. The van der Waals surface area contributed by atoms with Crippen LogP contribution in [-0.4, -0.2) is 22.8 Å². The van der Waals surface area contributed by atoms with Crippen molar-refractivity contribution in [1.82, 2.24) is 4.40 Å². The predicted octanol–water partition coefficient (Wildman–Crippen LogP) is 4.17. The van der Waals surface area contributed by atoms with Gasteiger partial charge in [-0.05, 0) is 49.2 Å². The molecule has 2 aromatic heterocycles. The highest BCUT2D eigenvalue weighted by Crippen LogP contribution is 2.28. The van der Waals surface area contributed by atoms with Crippen molar-refractivity contribution in [1.29, 1.82) is 5.26 Å². The molecule has 0 aliphatic rings. The van der Waals surface area contributed by atoms with Crippen molar-refractivity contribution in [3.63, 3.8) is 0 Å². The highest BCUT2D eigenvalue weighted by molar-refractivity contribution is 6.01. The number of nitrogens with zero attached hydrogens (tertiary/aromatic N) is 2. The number of Topliss-reactive ketones (excluding diaryl/α,β-unsaturated/α-hetero) is 1. The molecule has 5 heteroatoms. The second kappa shape index (κ2) is 6.85. The second-order valence-electron chi connectivity index (χ2n) is 6.02. The van der Waals surface area contributed by atoms with Crippen molar-refractivity contribution in [2.24, 2.45) is 0 Å². The third-order valence-electron chi connectivity index (χ3n) is 4.30. The summed E-state index contributed by atoms with van der Waals surface area (Å²) >= 11 is 0. The van der Waals surface area contributed by atoms with Gasteiger partial charge >= 0.3 is 5.97 Å². The molecule has 0 fully saturated rings. The number of nitriles is 1. The lowest BCUT2D eigenvalue weighted by atomic mass is 10.0. The molecule has 26 heavy (non-hydrogen) atoms. The van der Waals surface area contributed by atoms with Gasteiger partial charge in [-0.15, -0.1) is 0 Å². The minimum Gasteiger partial charge on any atom is -0.462 e. The van der Waals surface area contributed by atoms with E-state index in [0.717, 1.165) is 16.6 Å². The van der Waals surface area contributed by atoms with Gasteiger partial charge in [0, 0.05) is 24.2 Å². The molecule has 0 saturated carbocycles. The zero-order valence-electron chi connectivity index (χ0n) is 14.9. The molecule has 5 nitrogen and oxygen atoms in total. The number of ketones is 1. The topological polar surface area (TPSA) is 71.6 Å². The van der Waals surface area contributed by atoms with Crippen LogP contribution in [-0.2, 0) is 4.74 Å². The van der Waals surface area contributed by atoms with Gasteiger partial charge in [0.25, 0.3) is 0 Å². The Balaban J connectivity index is 2.25. The van der Waals surface area contributed by atoms with Gasteiger partial charge < -0.3 is 9.14 Å². The van der Waals surface area contributed by atoms with Crippen molar-refractivity contribution in [3.8, 4) is 17.2 Å². The molecule has 1 aromatic carbocycles. The summed E-state index contributed by atoms with van der Waals surface area (Å²) in [5, 5.41) is 9.10. The summed E-state index contributed by atoms with van der Waals surface area (Å²) in [5.74, 6) is -0.573. The third-order valence-corrected chi connectivity index (χ3v) is 4.30. The van der Waals surface area contributed by atoms with Gasteiger partial charge in [-0.2, -0.15) is 5.26 Å². The maximum absolute atomic E-state index is 12.3. The maximum Gasteiger partial charge on any atom is 0.338 e. The first-order valence-corrected chi connectivity index (χ1v) is 8.30. The molecule has 0 amide bonds. The Hall–Kier alpha value is -3.39. The van der Waals surface area contributed by atoms with E-state index in [1.165, 1.54) is 6.92 Å². The highest BCUT2D eigenvalue weighted by Gasteiger charge is 2.20. The normalized spacial score (nSPS) is 10.5. The lowest BCUT2D eigenvalue weighted by Gasteiger charge is -2.12. The van der Waals surface area contributed by atoms with Gasteiger partial charge in [0.05, 0.1) is 29.5 Å². The Morgan fingerprint density at radius 1 is 1.19 bits per heavy atom. The van der Waals surface area contributed by atoms with E-state index >= 15 is 0 Å². The van der Waals surface area contributed by atoms with Crippen molar-refractivity contribution in [2.75, 3.05) is 6.61 Å². The van der Waals surface area contributed by atoms with Crippen molar-refractivity contribution in [3.05, 3.63) is 65.0 Å². The molecule has 0 bridgehead atoms. The molecule has 0 spiro atoms. The number of hydrogen-bond donors (Lipinski definition) is 0. The number of rotatable bonds is 4. The van der Waals surface area contributed by atoms with E-state index < -0.39 is 5.97 Å². The number of carbonyl (C=O) groups excluding carboxylic acids is 2. The number of fused-ring (bicyclic) bond motifs is 1. The number of hydrogen-bond acceptors (Lipinski definition) is 4. The molecular weight excluding hydrogens is 328 g/mol. The molecule has 0 saturated heterocycles. The van der Waals surface area contributed by atoms with Crippen LogP contribution in [0.2, 0.25) is 0 Å². The van der Waals surface area contributed by atoms with Crippen LogP contribution >= 0.6 is 0 Å². The van der Waals surface area contributed by atoms with Crippen LogP contribution in [0.4, 0.5) is 0 Å². The Bertz CT molecular complexity index is 1070. The third kappa shape index (κ3) is 2.98. The molecule has 3 rings (SSSR count). The summed E-state index contributed by atoms with van der Waals surface area (Å²) in [6.45, 7) is 5.24. The molecule has 3 aromatic rings. The number of esters is 1. The minimum atomic E-state index is -0.441. The fourth-order valence-corrected chi connectivity index (χ4v) is 3.13. The Morgan fingerprint density at radius 2 is 1.96 bits per heavy atom. The van der Waals surface area contributed by atoms with Crippen LogP contribution < -0.4 is 0 Å². The lowest BCUT2D eigenvalue weighted by molar-refractivity contribution is 0.0525. The summed E-state index contributed by atoms with van der Waals surface area (Å²) < 4.78 is 6.91. The molecular formula is C21H18N2O3. The number of aromatic nitrogens is 1. The van der Waals surface area contributed by atoms with E-state index in [0.29, 0.717) is 22.4 Å². The number of benzene rings is 1. The molecule has 0 radical (unpaired) electrons. The van der Waals surface area contributed by atoms with Gasteiger partial charge in [-0.25, -0.2) is 4.79 Å². The smallest absolute Gasteiger partial charge is 0.338 e. The summed E-state index contributed by atoms with van der Waals surface area (Å²) in [6.07, 6.45) is 1.85. The van der Waals surface area contributed by atoms with Crippen LogP contribution in [0.1, 0.15) is 45.8 Å². The molecule has 0 atom stereocenters. The maximum atomic E-state index is 12.3. The molecule has 0 unspecified atom stereocenters. The van der Waals surface area contributed by atoms with Crippen LogP contribution in [0.25, 0.3) is 16.6 Å². The van der Waals surface area contributed by atoms with Crippen LogP contribution in [0.3, 0.4) is 0 Å². The fraction of sp³-hybridized carbons (Fsp3) is 0.190. The highest BCUT2D eigenvalue weighted by atomic mass is 16.5. The van der Waals surface area contributed by atoms with Crippen LogP contribution in [0.5, 0.6) is 0 Å². The standard InChI is InChI=1S/C21H18N2O3/c1-4-26-21(25)19-10-18-9-17(16-7-5-6-15(8-16)11-22)12-23(18)20(13(19)2)14(3)24/h5-10,12H,4H2,1-3H3. The molecule has 0 aliphatic carbocycles. The van der Waals surface area contributed by atoms with E-state index in [1.807, 2.05) is 24.4 Å². The van der Waals surface area contributed by atoms with Gasteiger partial charge in [0.1, 0.15) is 0 Å². The SMILES string of the molecule is CCOC(=O)c1cc2cc(-c3cccc(C#N)c3)cn2c(C(C)=O)c1C. The zero-order valence-corrected chi connectivity index (χ0v) is 14.9. The average molecular weight is 346 g/mol. The quantitative estimate of drug-likeness (QED) is 0.525. The summed E-state index contributed by atoms with van der Waals surface area (Å²) in [6, 6.07) is 13.0. The largest absolute Gasteiger partial charge is 0.462 e. The Kier molecular flexibility index (Phi) is 4.59. The number of ether oxygens (including phenoxy) is 1. The summed E-state index contributed by atoms with van der Waals surface area (Å²) in [5.41, 5.74) is 4.46. The van der Waals surface area contributed by atoms with Gasteiger partial charge in [0.2, 0.25) is 0 Å². The molecule has 130 valence electrons. The average Bonchev–Trinajstić information content (AvgIpc) is 3.04. The summed E-state index contributed by atoms with van der Waals surface area (Å²) in [7, 11) is 0. The van der Waals surface area contributed by atoms with Gasteiger partial charge in [0.15, 0.2) is 5.78 Å². The predicted molar refractivity (Wildman–Crippen MR) is 98.2 cm³/mol. The van der Waals surface area contributed by atoms with Crippen LogP contribution in [0, 0.1) is 18.3 Å². The summed E-state index contributed by atoms with van der Waals surface area (Å²) in [4.78, 5) is 24.5. The molecule has 0 aliphatic heterocycles. The van der Waals surface area contributed by atoms with E-state index in [4.69, 9.17) is 10.00 Å². The van der Waals surface area contributed by atoms with Crippen LogP contribution in [0.15, 0.2) is 42.6 Å². The molecule has 2 heterocycles. The number of pyridine rings is 1. The van der Waals surface area contributed by atoms with Crippen molar-refractivity contribution >= 4 is 17.3 Å². The van der Waals surface area contributed by atoms with E-state index in [9.17, 15) is 9.59 Å². The second-order valence-corrected chi connectivity index (χ2v) is 6.02. The van der Waals surface area contributed by atoms with Crippen molar-refractivity contribution in [2.45, 2.75) is 20.8 Å². The van der Waals surface area contributed by atoms with Gasteiger partial charge in [-0.3, -0.25) is 4.79 Å². The Morgan fingerprint density at radius 3 is 2.62 bits per heavy atom. The first kappa shape index (κ1) is 17.4. The van der Waals surface area contributed by atoms with Crippen molar-refractivity contribution < 1.29 is 14.3 Å². The first-order valence-electron chi connectivity index (χ1n) is 8.30. The monoisotopic (exact) mass is 346 g/mol. The fourth-order valence-electron chi connectivity index (χ4n) is 3.13. The van der Waals surface area contributed by atoms with E-state index in [2.05, 4.69) is 6.07 Å². The van der Waals surface area contributed by atoms with E-state index in [-0.39, 0.29) is 12.4 Å². The number of carbonyl (C=O) groups is 2. The first-order chi connectivity index (χ1) is 12.5. The molecule has 0 N–H and O–H groups in total. The van der Waals surface area contributed by atoms with E-state index in [1.54, 1.807) is 36.4 Å². The van der Waals surface area contributed by atoms with Gasteiger partial charge in [-0.1, -0.05) is 12.1 Å². The lowest BCUT2D eigenvalue weighted by Crippen LogP contribution is -2.13. The Labute approximate surface area is 151 Å². The zero-order chi connectivity index (χ0) is 18.8.